The topological polar surface area (TPSA) is 52.6 Å². The summed E-state index contributed by atoms with van der Waals surface area (Å²) in [6, 6.07) is 9.17. The Labute approximate surface area is 88.5 Å². The third-order valence-corrected chi connectivity index (χ3v) is 2.48. The molecular weight excluding hydrogens is 192 g/mol. The minimum atomic E-state index is -0.369. The smallest absolute Gasteiger partial charge is 0.321 e. The van der Waals surface area contributed by atoms with Crippen LogP contribution in [0.2, 0.25) is 0 Å². The average molecular weight is 206 g/mol. The number of carbonyl (C=O) groups is 1. The quantitative estimate of drug-likeness (QED) is 0.727. The number of likely N-dealkylation sites (tertiary alicyclic amines) is 1. The molecule has 2 amide bonds. The Morgan fingerprint density at radius 3 is 2.73 bits per heavy atom. The number of rotatable bonds is 1. The summed E-state index contributed by atoms with van der Waals surface area (Å²) in [4.78, 5) is 13.3. The summed E-state index contributed by atoms with van der Waals surface area (Å²) < 4.78 is 0. The molecule has 2 rings (SSSR count). The van der Waals surface area contributed by atoms with Crippen molar-refractivity contribution in [1.29, 1.82) is 0 Å². The van der Waals surface area contributed by atoms with Gasteiger partial charge in [-0.3, -0.25) is 0 Å². The van der Waals surface area contributed by atoms with Crippen molar-refractivity contribution in [3.63, 3.8) is 0 Å². The molecule has 0 saturated carbocycles. The third-order valence-electron chi connectivity index (χ3n) is 2.48. The highest BCUT2D eigenvalue weighted by molar-refractivity contribution is 5.89. The molecule has 0 radical (unpaired) electrons. The second-order valence-electron chi connectivity index (χ2n) is 3.68. The Kier molecular flexibility index (Phi) is 2.87. The summed E-state index contributed by atoms with van der Waals surface area (Å²) in [6.07, 6.45) is 0.300. The lowest BCUT2D eigenvalue weighted by Gasteiger charge is -2.16. The molecule has 0 aliphatic carbocycles. The first-order valence-corrected chi connectivity index (χ1v) is 5.05. The molecule has 1 heterocycles. The zero-order chi connectivity index (χ0) is 10.7. The summed E-state index contributed by atoms with van der Waals surface area (Å²) in [5, 5.41) is 12.1. The first-order valence-electron chi connectivity index (χ1n) is 5.05. The van der Waals surface area contributed by atoms with E-state index in [0.717, 1.165) is 5.69 Å². The van der Waals surface area contributed by atoms with Crippen LogP contribution in [0.25, 0.3) is 0 Å². The zero-order valence-electron chi connectivity index (χ0n) is 8.39. The molecule has 1 atom stereocenters. The van der Waals surface area contributed by atoms with Gasteiger partial charge in [0.25, 0.3) is 0 Å². The predicted octanol–water partition coefficient (Wildman–Crippen LogP) is 1.29. The zero-order valence-corrected chi connectivity index (χ0v) is 8.39. The fourth-order valence-electron chi connectivity index (χ4n) is 1.65. The van der Waals surface area contributed by atoms with Crippen molar-refractivity contribution in [3.05, 3.63) is 30.3 Å². The van der Waals surface area contributed by atoms with E-state index in [9.17, 15) is 9.90 Å². The van der Waals surface area contributed by atoms with E-state index >= 15 is 0 Å². The van der Waals surface area contributed by atoms with Crippen LogP contribution in [0.4, 0.5) is 10.5 Å². The second-order valence-corrected chi connectivity index (χ2v) is 3.68. The van der Waals surface area contributed by atoms with Gasteiger partial charge in [0, 0.05) is 18.8 Å². The van der Waals surface area contributed by atoms with Gasteiger partial charge in [-0.1, -0.05) is 18.2 Å². The lowest BCUT2D eigenvalue weighted by atomic mass is 10.3. The van der Waals surface area contributed by atoms with Crippen molar-refractivity contribution < 1.29 is 9.90 Å². The number of benzene rings is 1. The molecule has 1 aromatic rings. The molecule has 0 spiro atoms. The van der Waals surface area contributed by atoms with Gasteiger partial charge in [-0.2, -0.15) is 0 Å². The van der Waals surface area contributed by atoms with Gasteiger partial charge in [0.2, 0.25) is 0 Å². The number of nitrogens with one attached hydrogen (secondary N) is 1. The summed E-state index contributed by atoms with van der Waals surface area (Å²) in [6.45, 7) is 1.05. The number of amides is 2. The number of hydrogen-bond acceptors (Lipinski definition) is 2. The van der Waals surface area contributed by atoms with Gasteiger partial charge in [-0.15, -0.1) is 0 Å². The molecular formula is C11H14N2O2. The number of aliphatic hydroxyl groups is 1. The molecule has 80 valence electrons. The minimum absolute atomic E-state index is 0.141. The van der Waals surface area contributed by atoms with Crippen LogP contribution in [-0.4, -0.2) is 35.2 Å². The molecule has 1 fully saturated rings. The highest BCUT2D eigenvalue weighted by Crippen LogP contribution is 2.12. The van der Waals surface area contributed by atoms with Gasteiger partial charge < -0.3 is 15.3 Å². The number of carbonyl (C=O) groups excluding carboxylic acids is 1. The van der Waals surface area contributed by atoms with E-state index < -0.39 is 0 Å². The van der Waals surface area contributed by atoms with Crippen molar-refractivity contribution >= 4 is 11.7 Å². The monoisotopic (exact) mass is 206 g/mol. The SMILES string of the molecule is O=C(Nc1ccccc1)N1CC[C@H](O)C1. The Morgan fingerprint density at radius 1 is 1.40 bits per heavy atom. The van der Waals surface area contributed by atoms with E-state index in [1.165, 1.54) is 0 Å². The first kappa shape index (κ1) is 9.98. The second kappa shape index (κ2) is 4.31. The standard InChI is InChI=1S/C11H14N2O2/c14-10-6-7-13(8-10)11(15)12-9-4-2-1-3-5-9/h1-5,10,14H,6-8H2,(H,12,15)/t10-/m0/s1. The van der Waals surface area contributed by atoms with Gasteiger partial charge in [-0.05, 0) is 18.6 Å². The van der Waals surface area contributed by atoms with Crippen molar-refractivity contribution in [3.8, 4) is 0 Å². The van der Waals surface area contributed by atoms with Crippen LogP contribution in [0, 0.1) is 0 Å². The lowest BCUT2D eigenvalue weighted by Crippen LogP contribution is -2.33. The fraction of sp³-hybridized carbons (Fsp3) is 0.364. The molecule has 1 aromatic carbocycles. The Hall–Kier alpha value is -1.55. The molecule has 0 aromatic heterocycles. The van der Waals surface area contributed by atoms with Crippen LogP contribution in [0.5, 0.6) is 0 Å². The molecule has 1 saturated heterocycles. The van der Waals surface area contributed by atoms with Gasteiger partial charge in [0.15, 0.2) is 0 Å². The summed E-state index contributed by atoms with van der Waals surface area (Å²) in [5.74, 6) is 0. The van der Waals surface area contributed by atoms with Crippen LogP contribution in [0.1, 0.15) is 6.42 Å². The maximum atomic E-state index is 11.7. The molecule has 2 N–H and O–H groups in total. The largest absolute Gasteiger partial charge is 0.391 e. The number of anilines is 1. The van der Waals surface area contributed by atoms with Crippen LogP contribution in [-0.2, 0) is 0 Å². The lowest BCUT2D eigenvalue weighted by molar-refractivity contribution is 0.176. The normalized spacial score (nSPS) is 20.3. The first-order chi connectivity index (χ1) is 7.25. The number of urea groups is 1. The van der Waals surface area contributed by atoms with E-state index in [1.54, 1.807) is 4.90 Å². The molecule has 1 aliphatic heterocycles. The highest BCUT2D eigenvalue weighted by Gasteiger charge is 2.24. The summed E-state index contributed by atoms with van der Waals surface area (Å²) >= 11 is 0. The number of aliphatic hydroxyl groups excluding tert-OH is 1. The Bertz CT molecular complexity index is 340. The van der Waals surface area contributed by atoms with Crippen LogP contribution >= 0.6 is 0 Å². The van der Waals surface area contributed by atoms with Crippen LogP contribution in [0.15, 0.2) is 30.3 Å². The molecule has 4 heteroatoms. The number of β-amino-alcohol motifs (C(OH)–C–C–N with tert-alkyl or cyclic N) is 1. The molecule has 4 nitrogen and oxygen atoms in total. The van der Waals surface area contributed by atoms with E-state index in [0.29, 0.717) is 19.5 Å². The molecule has 15 heavy (non-hydrogen) atoms. The average Bonchev–Trinajstić information content (AvgIpc) is 2.66. The van der Waals surface area contributed by atoms with Crippen LogP contribution in [0.3, 0.4) is 0 Å². The van der Waals surface area contributed by atoms with Crippen molar-refractivity contribution in [1.82, 2.24) is 4.90 Å². The van der Waals surface area contributed by atoms with Gasteiger partial charge in [0.1, 0.15) is 0 Å². The van der Waals surface area contributed by atoms with Crippen molar-refractivity contribution in [2.45, 2.75) is 12.5 Å². The highest BCUT2D eigenvalue weighted by atomic mass is 16.3. The molecule has 1 aliphatic rings. The van der Waals surface area contributed by atoms with Gasteiger partial charge >= 0.3 is 6.03 Å². The summed E-state index contributed by atoms with van der Waals surface area (Å²) in [5.41, 5.74) is 0.781. The fourth-order valence-corrected chi connectivity index (χ4v) is 1.65. The van der Waals surface area contributed by atoms with Gasteiger partial charge in [-0.25, -0.2) is 4.79 Å². The van der Waals surface area contributed by atoms with Crippen molar-refractivity contribution in [2.24, 2.45) is 0 Å². The van der Waals surface area contributed by atoms with E-state index in [-0.39, 0.29) is 12.1 Å². The van der Waals surface area contributed by atoms with Gasteiger partial charge in [0.05, 0.1) is 6.10 Å². The van der Waals surface area contributed by atoms with E-state index in [2.05, 4.69) is 5.32 Å². The minimum Gasteiger partial charge on any atom is -0.391 e. The van der Waals surface area contributed by atoms with E-state index in [1.807, 2.05) is 30.3 Å². The van der Waals surface area contributed by atoms with E-state index in [4.69, 9.17) is 0 Å². The van der Waals surface area contributed by atoms with Crippen LogP contribution < -0.4 is 5.32 Å². The van der Waals surface area contributed by atoms with Crippen molar-refractivity contribution in [2.75, 3.05) is 18.4 Å². The number of para-hydroxylation sites is 1. The maximum Gasteiger partial charge on any atom is 0.321 e. The Balaban J connectivity index is 1.93. The molecule has 0 bridgehead atoms. The number of nitrogens with zero attached hydrogens (tertiary/aromatic N) is 1. The third kappa shape index (κ3) is 2.47. The maximum absolute atomic E-state index is 11.7. The Morgan fingerprint density at radius 2 is 2.13 bits per heavy atom. The number of hydrogen-bond donors (Lipinski definition) is 2. The predicted molar refractivity (Wildman–Crippen MR) is 57.7 cm³/mol. The molecule has 0 unspecified atom stereocenters. The summed E-state index contributed by atoms with van der Waals surface area (Å²) in [7, 11) is 0.